The average molecular weight is 1190 g/mol. The van der Waals surface area contributed by atoms with E-state index in [1.165, 1.54) is 42.9 Å². The second kappa shape index (κ2) is 31.4. The minimum Gasteiger partial charge on any atom is -0.495 e. The van der Waals surface area contributed by atoms with Crippen LogP contribution in [-0.4, -0.2) is 158 Å². The second-order valence-electron chi connectivity index (χ2n) is 23.3. The van der Waals surface area contributed by atoms with Crippen LogP contribution in [0.3, 0.4) is 0 Å². The fourth-order valence-electron chi connectivity index (χ4n) is 11.4. The normalized spacial score (nSPS) is 29.2. The highest BCUT2D eigenvalue weighted by Gasteiger charge is 2.64. The van der Waals surface area contributed by atoms with Crippen molar-refractivity contribution in [2.75, 3.05) is 46.3 Å². The Hall–Kier alpha value is -5.97. The van der Waals surface area contributed by atoms with E-state index in [1.807, 2.05) is 26.0 Å². The van der Waals surface area contributed by atoms with E-state index in [9.17, 15) is 43.5 Å². The van der Waals surface area contributed by atoms with E-state index in [1.54, 1.807) is 51.3 Å². The Morgan fingerprint density at radius 1 is 1.05 bits per heavy atom. The number of nitrogens with two attached hydrogens (primary N) is 1. The van der Waals surface area contributed by atoms with Gasteiger partial charge in [-0.15, -0.1) is 13.2 Å². The summed E-state index contributed by atoms with van der Waals surface area (Å²) < 4.78 is 29.5. The molecule has 1 aromatic rings. The molecule has 0 radical (unpaired) electrons. The number of fused-ring (bicyclic) bond motifs is 5. The summed E-state index contributed by atoms with van der Waals surface area (Å²) in [6.45, 7) is 18.8. The molecule has 2 unspecified atom stereocenters. The molecule has 1 aromatic carbocycles. The number of carbonyl (C=O) groups is 8. The zero-order chi connectivity index (χ0) is 62.2. The summed E-state index contributed by atoms with van der Waals surface area (Å²) in [5, 5.41) is 20.4. The van der Waals surface area contributed by atoms with Crippen molar-refractivity contribution in [1.82, 2.24) is 25.8 Å². The maximum Gasteiger partial charge on any atom is 0.409 e. The van der Waals surface area contributed by atoms with Gasteiger partial charge in [-0.2, -0.15) is 0 Å². The lowest BCUT2D eigenvalue weighted by atomic mass is 9.81. The Kier molecular flexibility index (Phi) is 25.7. The monoisotopic (exact) mass is 1190 g/mol. The molecule has 84 heavy (non-hydrogen) atoms. The van der Waals surface area contributed by atoms with E-state index in [-0.39, 0.29) is 85.2 Å². The number of hydrogen-bond acceptors (Lipinski definition) is 16. The number of nitrogens with one attached hydrogen (secondary N) is 3. The number of rotatable bonds is 21. The number of likely N-dealkylation sites (N-methyl/N-ethyl adjacent to an activating group) is 1. The fourth-order valence-corrected chi connectivity index (χ4v) is 11.7. The molecule has 0 aromatic heterocycles. The molecule has 6 N–H and O–H groups in total. The molecular weight excluding hydrogens is 1100 g/mol. The molecule has 6 rings (SSSR count). The summed E-state index contributed by atoms with van der Waals surface area (Å²) in [5.41, 5.74) is 4.45. The number of nitrogens with zero attached hydrogens (tertiary/aromatic N) is 3. The first-order valence-electron chi connectivity index (χ1n) is 29.5. The van der Waals surface area contributed by atoms with Gasteiger partial charge in [-0.1, -0.05) is 67.8 Å². The van der Waals surface area contributed by atoms with Gasteiger partial charge in [0.25, 0.3) is 0 Å². The number of imide groups is 2. The van der Waals surface area contributed by atoms with Crippen molar-refractivity contribution in [2.24, 2.45) is 29.4 Å². The van der Waals surface area contributed by atoms with Crippen molar-refractivity contribution in [3.63, 3.8) is 0 Å². The standard InChI is InChI=1S/C58H84ClN7O14.C4H8/c1-11-34(3)61-41(18-12-13-25-60)53(71)62-52(70)39-23-21-37(22-24-39)32-66-49(69)29-40(54(66)72)17-15-20-47(67)64(7)36(5)55(73)79-46-30-48(68)65(8)42-27-38(28-43(76-9)50(42)59)26-33(2)16-14-19-45(77-10)58(75)31-44(78-56(74)63-58)35(4)51-57(46,6)80-51;1-3-4-2/h11,14,16,19,27-28,34-37,39-41,44-46,51,61,75H,1,12-13,15,17-18,20-26,29-32,60H2,2-10H3,(H,63,74)(H,62,70,71);3H,1,4H2,2H3/b19-14+,33-16+;/t34?,35-,36+,37?,39?,40?,41+,44+,45-,46+,51+,57+,58+;/m1./s1. The summed E-state index contributed by atoms with van der Waals surface area (Å²) in [6.07, 6.45) is 9.75. The molecule has 1 aliphatic carbocycles. The van der Waals surface area contributed by atoms with Crippen molar-refractivity contribution in [3.8, 4) is 5.75 Å². The van der Waals surface area contributed by atoms with Gasteiger partial charge in [-0.05, 0) is 122 Å². The number of ether oxygens (including phenoxy) is 5. The fraction of sp³-hybridized carbons (Fsp3) is 0.645. The number of carbonyl (C=O) groups excluding carboxylic acids is 8. The van der Waals surface area contributed by atoms with Crippen molar-refractivity contribution in [1.29, 1.82) is 0 Å². The number of anilines is 1. The first kappa shape index (κ1) is 68.8. The third kappa shape index (κ3) is 17.8. The molecule has 0 spiro atoms. The van der Waals surface area contributed by atoms with E-state index in [0.29, 0.717) is 56.5 Å². The van der Waals surface area contributed by atoms with Crippen LogP contribution in [0.1, 0.15) is 137 Å². The number of allylic oxidation sites excluding steroid dienone is 4. The number of aliphatic hydroxyl groups is 1. The smallest absolute Gasteiger partial charge is 0.409 e. The van der Waals surface area contributed by atoms with Gasteiger partial charge < -0.3 is 44.3 Å². The van der Waals surface area contributed by atoms with Crippen LogP contribution in [0.2, 0.25) is 5.02 Å². The Bertz CT molecular complexity index is 2610. The van der Waals surface area contributed by atoms with Gasteiger partial charge in [-0.3, -0.25) is 49.6 Å². The average Bonchev–Trinajstić information content (AvgIpc) is 1.79. The Balaban J connectivity index is 0.00000312. The number of epoxide rings is 1. The quantitative estimate of drug-likeness (QED) is 0.0280. The number of hydrogen-bond donors (Lipinski definition) is 5. The molecule has 22 heteroatoms. The van der Waals surface area contributed by atoms with Gasteiger partial charge >= 0.3 is 12.1 Å². The molecule has 4 fully saturated rings. The number of halogens is 1. The first-order chi connectivity index (χ1) is 39.8. The minimum absolute atomic E-state index is 0.00297. The number of unbranched alkanes of at least 4 members (excludes halogenated alkanes) is 1. The summed E-state index contributed by atoms with van der Waals surface area (Å²) in [4.78, 5) is 112. The van der Waals surface area contributed by atoms with Gasteiger partial charge in [-0.25, -0.2) is 9.59 Å². The lowest BCUT2D eigenvalue weighted by Crippen LogP contribution is -2.63. The van der Waals surface area contributed by atoms with Gasteiger partial charge in [0.05, 0.1) is 31.4 Å². The molecule has 3 saturated heterocycles. The zero-order valence-electron chi connectivity index (χ0n) is 50.9. The van der Waals surface area contributed by atoms with Crippen LogP contribution >= 0.6 is 11.6 Å². The largest absolute Gasteiger partial charge is 0.495 e. The molecular formula is C62H92ClN7O14. The predicted octanol–water partition coefficient (Wildman–Crippen LogP) is 6.75. The Morgan fingerprint density at radius 3 is 2.37 bits per heavy atom. The van der Waals surface area contributed by atoms with E-state index in [2.05, 4.69) is 36.0 Å². The SMILES string of the molecule is C=CC(C)N[C@@H](CCCCN)C(=O)NC(=O)C1CCC(CN2C(=O)CC(CCCC(=O)N(C)[C@@H](C)C(=O)O[C@H]3CC(=O)N(C)c4cc(cc(OC)c4Cl)C/C(C)=C/C=C/[C@@H](OC)[C@@]4(O)C[C@H](OC(=O)N4)[C@@H](C)[C@@H]4O[C@@]34C)C2=O)CC1.C=CCC. The van der Waals surface area contributed by atoms with Crippen LogP contribution in [0.4, 0.5) is 10.5 Å². The predicted molar refractivity (Wildman–Crippen MR) is 318 cm³/mol. The summed E-state index contributed by atoms with van der Waals surface area (Å²) in [7, 11) is 5.89. The van der Waals surface area contributed by atoms with E-state index < -0.39 is 90.0 Å². The van der Waals surface area contributed by atoms with E-state index in [0.717, 1.165) is 30.4 Å². The highest BCUT2D eigenvalue weighted by atomic mass is 35.5. The number of likely N-dealkylation sites (tertiary alicyclic amines) is 1. The van der Waals surface area contributed by atoms with Gasteiger partial charge in [0, 0.05) is 70.8 Å². The number of esters is 1. The van der Waals surface area contributed by atoms with Crippen LogP contribution in [0, 0.1) is 23.7 Å². The van der Waals surface area contributed by atoms with Crippen molar-refractivity contribution in [3.05, 3.63) is 71.8 Å². The number of alkyl carbamates (subject to hydrolysis) is 1. The van der Waals surface area contributed by atoms with Crippen LogP contribution in [0.25, 0.3) is 0 Å². The summed E-state index contributed by atoms with van der Waals surface area (Å²) >= 11 is 6.83. The molecule has 4 heterocycles. The maximum absolute atomic E-state index is 14.4. The molecule has 466 valence electrons. The summed E-state index contributed by atoms with van der Waals surface area (Å²) in [6, 6.07) is 1.70. The van der Waals surface area contributed by atoms with Crippen LogP contribution in [-0.2, 0) is 58.9 Å². The molecule has 4 aliphatic heterocycles. The highest BCUT2D eigenvalue weighted by molar-refractivity contribution is 6.35. The third-order valence-corrected chi connectivity index (χ3v) is 17.5. The molecule has 21 nitrogen and oxygen atoms in total. The van der Waals surface area contributed by atoms with Crippen LogP contribution < -0.4 is 31.3 Å². The maximum atomic E-state index is 14.4. The van der Waals surface area contributed by atoms with Crippen molar-refractivity contribution < 1.29 is 67.1 Å². The topological polar surface area (TPSA) is 278 Å². The lowest BCUT2D eigenvalue weighted by Gasteiger charge is -2.42. The van der Waals surface area contributed by atoms with Crippen molar-refractivity contribution in [2.45, 2.75) is 192 Å². The molecule has 1 saturated carbocycles. The van der Waals surface area contributed by atoms with Gasteiger partial charge in [0.15, 0.2) is 5.72 Å². The van der Waals surface area contributed by atoms with Crippen LogP contribution in [0.5, 0.6) is 5.75 Å². The van der Waals surface area contributed by atoms with Gasteiger partial charge in [0.2, 0.25) is 35.4 Å². The Morgan fingerprint density at radius 2 is 1.74 bits per heavy atom. The molecule has 5 aliphatic rings. The minimum atomic E-state index is -1.89. The third-order valence-electron chi connectivity index (χ3n) is 17.1. The summed E-state index contributed by atoms with van der Waals surface area (Å²) in [5.74, 6) is -4.29. The first-order valence-corrected chi connectivity index (χ1v) is 29.9. The number of benzene rings is 1. The number of methoxy groups -OCH3 is 2. The highest BCUT2D eigenvalue weighted by Crippen LogP contribution is 2.49. The van der Waals surface area contributed by atoms with Crippen LogP contribution in [0.15, 0.2) is 61.2 Å². The Labute approximate surface area is 500 Å². The lowest BCUT2D eigenvalue weighted by molar-refractivity contribution is -0.162. The van der Waals surface area contributed by atoms with Gasteiger partial charge in [0.1, 0.15) is 40.7 Å². The molecule has 11 atom stereocenters. The van der Waals surface area contributed by atoms with E-state index in [4.69, 9.17) is 41.0 Å². The molecule has 7 amide bonds. The van der Waals surface area contributed by atoms with E-state index >= 15 is 0 Å². The zero-order valence-corrected chi connectivity index (χ0v) is 51.6. The second-order valence-corrected chi connectivity index (χ2v) is 23.7. The number of amides is 7. The molecule has 4 bridgehead atoms. The van der Waals surface area contributed by atoms with Crippen molar-refractivity contribution >= 4 is 64.8 Å².